The van der Waals surface area contributed by atoms with Gasteiger partial charge < -0.3 is 5.32 Å². The Balaban J connectivity index is 2.22. The maximum absolute atomic E-state index is 3.84. The molecule has 1 N–H and O–H groups in total. The molecule has 1 aromatic rings. The molecule has 19 heavy (non-hydrogen) atoms. The lowest BCUT2D eigenvalue weighted by Crippen LogP contribution is -2.27. The summed E-state index contributed by atoms with van der Waals surface area (Å²) in [6.07, 6.45) is 7.58. The van der Waals surface area contributed by atoms with Crippen LogP contribution in [-0.4, -0.2) is 12.6 Å². The van der Waals surface area contributed by atoms with Crippen LogP contribution in [0.15, 0.2) is 60.7 Å². The highest BCUT2D eigenvalue weighted by Gasteiger charge is 2.21. The third-order valence-corrected chi connectivity index (χ3v) is 3.88. The van der Waals surface area contributed by atoms with Crippen LogP contribution in [0.3, 0.4) is 0 Å². The monoisotopic (exact) mass is 253 g/mol. The second kappa shape index (κ2) is 6.53. The van der Waals surface area contributed by atoms with E-state index in [1.165, 1.54) is 16.7 Å². The summed E-state index contributed by atoms with van der Waals surface area (Å²) in [6, 6.07) is 11.0. The van der Waals surface area contributed by atoms with Crippen molar-refractivity contribution >= 4 is 5.57 Å². The molecule has 1 aliphatic heterocycles. The minimum Gasteiger partial charge on any atom is -0.303 e. The molecule has 0 amide bonds. The van der Waals surface area contributed by atoms with E-state index in [-0.39, 0.29) is 0 Å². The molecule has 0 spiro atoms. The first-order valence-corrected chi connectivity index (χ1v) is 7.08. The van der Waals surface area contributed by atoms with E-state index in [4.69, 9.17) is 0 Å². The molecule has 0 bridgehead atoms. The summed E-state index contributed by atoms with van der Waals surface area (Å²) in [6.45, 7) is 9.30. The highest BCUT2D eigenvalue weighted by Crippen LogP contribution is 2.26. The zero-order valence-corrected chi connectivity index (χ0v) is 11.9. The van der Waals surface area contributed by atoms with Gasteiger partial charge in [0.1, 0.15) is 0 Å². The van der Waals surface area contributed by atoms with Crippen LogP contribution in [0, 0.1) is 5.92 Å². The molecule has 1 aromatic carbocycles. The van der Waals surface area contributed by atoms with Gasteiger partial charge >= 0.3 is 0 Å². The van der Waals surface area contributed by atoms with E-state index in [0.717, 1.165) is 13.0 Å². The van der Waals surface area contributed by atoms with Crippen molar-refractivity contribution in [2.45, 2.75) is 26.3 Å². The molecule has 1 nitrogen and oxygen atoms in total. The molecule has 2 unspecified atom stereocenters. The Kier molecular flexibility index (Phi) is 4.75. The molecular formula is C18H23N. The average molecular weight is 253 g/mol. The van der Waals surface area contributed by atoms with E-state index in [0.29, 0.717) is 12.0 Å². The fourth-order valence-electron chi connectivity index (χ4n) is 2.55. The molecule has 0 saturated carbocycles. The number of rotatable bonds is 5. The molecule has 1 heterocycles. The first-order chi connectivity index (χ1) is 9.26. The van der Waals surface area contributed by atoms with E-state index in [1.807, 2.05) is 6.08 Å². The lowest BCUT2D eigenvalue weighted by atomic mass is 9.91. The summed E-state index contributed by atoms with van der Waals surface area (Å²) in [7, 11) is 0. The molecule has 0 radical (unpaired) electrons. The van der Waals surface area contributed by atoms with Gasteiger partial charge in [-0.05, 0) is 29.0 Å². The molecule has 0 aliphatic carbocycles. The van der Waals surface area contributed by atoms with Crippen LogP contribution in [0.4, 0.5) is 0 Å². The van der Waals surface area contributed by atoms with E-state index in [2.05, 4.69) is 68.2 Å². The quantitative estimate of drug-likeness (QED) is 0.775. The lowest BCUT2D eigenvalue weighted by Gasteiger charge is -2.19. The van der Waals surface area contributed by atoms with Crippen LogP contribution < -0.4 is 5.32 Å². The Morgan fingerprint density at radius 2 is 2.16 bits per heavy atom. The van der Waals surface area contributed by atoms with E-state index >= 15 is 0 Å². The van der Waals surface area contributed by atoms with Crippen LogP contribution in [-0.2, 0) is 0 Å². The Morgan fingerprint density at radius 1 is 1.42 bits per heavy atom. The summed E-state index contributed by atoms with van der Waals surface area (Å²) in [5, 5.41) is 3.60. The Labute approximate surface area is 116 Å². The molecule has 0 saturated heterocycles. The molecule has 0 aromatic heterocycles. The van der Waals surface area contributed by atoms with Gasteiger partial charge in [-0.2, -0.15) is 0 Å². The zero-order chi connectivity index (χ0) is 13.7. The minimum absolute atomic E-state index is 0.350. The zero-order valence-electron chi connectivity index (χ0n) is 11.9. The predicted molar refractivity (Wildman–Crippen MR) is 83.9 cm³/mol. The van der Waals surface area contributed by atoms with Gasteiger partial charge in [0.2, 0.25) is 0 Å². The summed E-state index contributed by atoms with van der Waals surface area (Å²) >= 11 is 0. The first-order valence-electron chi connectivity index (χ1n) is 7.08. The standard InChI is InChI=1S/C18H23N/c1-4-9-17(14(3)5-2)18-12-16(13-19-18)15-10-7-6-8-11-15/h4,6-12,14,18-19H,1,5,13H2,2-3H3/b17-9+. The van der Waals surface area contributed by atoms with Crippen molar-refractivity contribution in [2.24, 2.45) is 5.92 Å². The second-order valence-corrected chi connectivity index (χ2v) is 5.13. The molecule has 100 valence electrons. The van der Waals surface area contributed by atoms with Crippen LogP contribution in [0.2, 0.25) is 0 Å². The number of allylic oxidation sites excluding steroid dienone is 2. The fraction of sp³-hybridized carbons (Fsp3) is 0.333. The van der Waals surface area contributed by atoms with Gasteiger partial charge in [-0.3, -0.25) is 0 Å². The minimum atomic E-state index is 0.350. The number of nitrogens with one attached hydrogen (secondary N) is 1. The summed E-state index contributed by atoms with van der Waals surface area (Å²) in [4.78, 5) is 0. The predicted octanol–water partition coefficient (Wildman–Crippen LogP) is 4.20. The summed E-state index contributed by atoms with van der Waals surface area (Å²) in [5.74, 6) is 0.585. The van der Waals surface area contributed by atoms with Crippen LogP contribution >= 0.6 is 0 Å². The fourth-order valence-corrected chi connectivity index (χ4v) is 2.55. The van der Waals surface area contributed by atoms with Crippen LogP contribution in [0.25, 0.3) is 5.57 Å². The molecule has 1 aliphatic rings. The van der Waals surface area contributed by atoms with Crippen molar-refractivity contribution in [3.63, 3.8) is 0 Å². The topological polar surface area (TPSA) is 12.0 Å². The maximum Gasteiger partial charge on any atom is 0.0480 e. The SMILES string of the molecule is C=C/C=C(\C(C)CC)C1C=C(c2ccccc2)CN1. The number of hydrogen-bond donors (Lipinski definition) is 1. The van der Waals surface area contributed by atoms with Crippen molar-refractivity contribution in [3.8, 4) is 0 Å². The van der Waals surface area contributed by atoms with Gasteiger partial charge in [0.15, 0.2) is 0 Å². The van der Waals surface area contributed by atoms with Gasteiger partial charge in [0, 0.05) is 12.6 Å². The molecular weight excluding hydrogens is 230 g/mol. The number of benzene rings is 1. The largest absolute Gasteiger partial charge is 0.303 e. The highest BCUT2D eigenvalue weighted by atomic mass is 14.9. The Morgan fingerprint density at radius 3 is 2.79 bits per heavy atom. The van der Waals surface area contributed by atoms with Crippen LogP contribution in [0.1, 0.15) is 25.8 Å². The van der Waals surface area contributed by atoms with Crippen LogP contribution in [0.5, 0.6) is 0 Å². The third kappa shape index (κ3) is 3.24. The molecule has 2 rings (SSSR count). The molecule has 0 fully saturated rings. The van der Waals surface area contributed by atoms with Gasteiger partial charge in [-0.25, -0.2) is 0 Å². The van der Waals surface area contributed by atoms with E-state index in [1.54, 1.807) is 0 Å². The van der Waals surface area contributed by atoms with E-state index in [9.17, 15) is 0 Å². The molecule has 2 atom stereocenters. The van der Waals surface area contributed by atoms with Crippen molar-refractivity contribution in [1.29, 1.82) is 0 Å². The van der Waals surface area contributed by atoms with Gasteiger partial charge in [0.25, 0.3) is 0 Å². The summed E-state index contributed by atoms with van der Waals surface area (Å²) < 4.78 is 0. The Bertz CT molecular complexity index is 482. The van der Waals surface area contributed by atoms with Crippen molar-refractivity contribution in [2.75, 3.05) is 6.54 Å². The average Bonchev–Trinajstić information content (AvgIpc) is 2.94. The van der Waals surface area contributed by atoms with Gasteiger partial charge in [-0.1, -0.05) is 69.0 Å². The smallest absolute Gasteiger partial charge is 0.0480 e. The molecule has 1 heteroatoms. The van der Waals surface area contributed by atoms with Crippen molar-refractivity contribution in [3.05, 3.63) is 66.3 Å². The lowest BCUT2D eigenvalue weighted by molar-refractivity contribution is 0.585. The van der Waals surface area contributed by atoms with Gasteiger partial charge in [0.05, 0.1) is 0 Å². The third-order valence-electron chi connectivity index (χ3n) is 3.88. The van der Waals surface area contributed by atoms with Crippen molar-refractivity contribution in [1.82, 2.24) is 5.32 Å². The van der Waals surface area contributed by atoms with Gasteiger partial charge in [-0.15, -0.1) is 0 Å². The summed E-state index contributed by atoms with van der Waals surface area (Å²) in [5.41, 5.74) is 4.15. The normalized spacial score (nSPS) is 21.1. The van der Waals surface area contributed by atoms with E-state index < -0.39 is 0 Å². The highest BCUT2D eigenvalue weighted by molar-refractivity contribution is 5.70. The number of hydrogen-bond acceptors (Lipinski definition) is 1. The Hall–Kier alpha value is -1.60. The maximum atomic E-state index is 3.84. The second-order valence-electron chi connectivity index (χ2n) is 5.13. The van der Waals surface area contributed by atoms with Crippen molar-refractivity contribution < 1.29 is 0 Å². The first kappa shape index (κ1) is 13.8.